The number of hydrogen-bond acceptors (Lipinski definition) is 4. The second-order valence-corrected chi connectivity index (χ2v) is 8.16. The molecule has 1 aliphatic rings. The van der Waals surface area contributed by atoms with Gasteiger partial charge < -0.3 is 14.8 Å². The predicted octanol–water partition coefficient (Wildman–Crippen LogP) is 4.32. The van der Waals surface area contributed by atoms with Crippen molar-refractivity contribution < 1.29 is 14.3 Å². The van der Waals surface area contributed by atoms with Crippen LogP contribution in [0.2, 0.25) is 0 Å². The zero-order chi connectivity index (χ0) is 17.7. The van der Waals surface area contributed by atoms with Crippen LogP contribution in [0.15, 0.2) is 18.2 Å². The van der Waals surface area contributed by atoms with Gasteiger partial charge in [-0.1, -0.05) is 40.9 Å². The molecule has 1 heterocycles. The highest BCUT2D eigenvalue weighted by Crippen LogP contribution is 2.31. The smallest absolute Gasteiger partial charge is 0.408 e. The number of anilines is 1. The molecule has 1 amide bonds. The van der Waals surface area contributed by atoms with E-state index in [-0.39, 0.29) is 12.7 Å². The van der Waals surface area contributed by atoms with E-state index in [2.05, 4.69) is 10.6 Å². The predicted molar refractivity (Wildman–Crippen MR) is 97.1 cm³/mol. The molecule has 134 valence electrons. The molecule has 0 spiro atoms. The first-order valence-electron chi connectivity index (χ1n) is 7.71. The molecule has 2 atom stereocenters. The molecular formula is C16H21Cl3N2O3. The van der Waals surface area contributed by atoms with Crippen LogP contribution in [0.25, 0.3) is 0 Å². The highest BCUT2D eigenvalue weighted by atomic mass is 35.6. The molecule has 0 aliphatic carbocycles. The monoisotopic (exact) mass is 394 g/mol. The fourth-order valence-electron chi connectivity index (χ4n) is 2.30. The highest BCUT2D eigenvalue weighted by Gasteiger charge is 2.34. The molecule has 1 aliphatic heterocycles. The van der Waals surface area contributed by atoms with Gasteiger partial charge in [0.1, 0.15) is 12.8 Å². The van der Waals surface area contributed by atoms with Crippen molar-refractivity contribution >= 4 is 46.6 Å². The van der Waals surface area contributed by atoms with Crippen LogP contribution in [0.5, 0.6) is 0 Å². The Bertz CT molecular complexity index is 572. The lowest BCUT2D eigenvalue weighted by Gasteiger charge is -2.27. The van der Waals surface area contributed by atoms with E-state index in [9.17, 15) is 4.79 Å². The van der Waals surface area contributed by atoms with E-state index in [0.29, 0.717) is 6.61 Å². The molecule has 1 saturated heterocycles. The van der Waals surface area contributed by atoms with E-state index in [1.807, 2.05) is 32.0 Å². The Kier molecular flexibility index (Phi) is 6.87. The van der Waals surface area contributed by atoms with Gasteiger partial charge in [-0.25, -0.2) is 4.79 Å². The van der Waals surface area contributed by atoms with Crippen molar-refractivity contribution in [1.29, 1.82) is 0 Å². The van der Waals surface area contributed by atoms with Crippen molar-refractivity contribution in [3.05, 3.63) is 29.3 Å². The number of amides is 1. The summed E-state index contributed by atoms with van der Waals surface area (Å²) in [4.78, 5) is 12.0. The van der Waals surface area contributed by atoms with Gasteiger partial charge in [0.2, 0.25) is 3.79 Å². The summed E-state index contributed by atoms with van der Waals surface area (Å²) in [5.74, 6) is 0. The third-order valence-electron chi connectivity index (χ3n) is 3.83. The summed E-state index contributed by atoms with van der Waals surface area (Å²) in [5.41, 5.74) is 2.97. The van der Waals surface area contributed by atoms with Gasteiger partial charge in [-0.2, -0.15) is 0 Å². The summed E-state index contributed by atoms with van der Waals surface area (Å²) in [5, 5.41) is 5.55. The van der Waals surface area contributed by atoms with Gasteiger partial charge in [0.15, 0.2) is 0 Å². The lowest BCUT2D eigenvalue weighted by molar-refractivity contribution is 0.0432. The molecule has 8 heteroatoms. The van der Waals surface area contributed by atoms with Crippen LogP contribution >= 0.6 is 34.8 Å². The van der Waals surface area contributed by atoms with Crippen LogP contribution in [0.3, 0.4) is 0 Å². The fourth-order valence-corrected chi connectivity index (χ4v) is 2.63. The maximum Gasteiger partial charge on any atom is 0.408 e. The van der Waals surface area contributed by atoms with E-state index in [1.165, 1.54) is 0 Å². The topological polar surface area (TPSA) is 59.6 Å². The largest absolute Gasteiger partial charge is 0.447 e. The number of carbonyl (C=O) groups excluding carboxylic acids is 1. The van der Waals surface area contributed by atoms with Crippen molar-refractivity contribution in [1.82, 2.24) is 5.32 Å². The minimum absolute atomic E-state index is 0.0605. The number of alkyl carbamates (subject to hydrolysis) is 1. The van der Waals surface area contributed by atoms with Crippen molar-refractivity contribution in [2.24, 2.45) is 0 Å². The summed E-state index contributed by atoms with van der Waals surface area (Å²) in [6, 6.07) is 5.71. The first-order chi connectivity index (χ1) is 11.3. The Morgan fingerprint density at radius 2 is 2.12 bits per heavy atom. The van der Waals surface area contributed by atoms with Crippen LogP contribution in [-0.4, -0.2) is 35.4 Å². The van der Waals surface area contributed by atoms with Crippen molar-refractivity contribution in [2.45, 2.75) is 42.8 Å². The zero-order valence-electron chi connectivity index (χ0n) is 13.6. The van der Waals surface area contributed by atoms with E-state index in [4.69, 9.17) is 44.3 Å². The second kappa shape index (κ2) is 8.48. The van der Waals surface area contributed by atoms with Crippen LogP contribution in [0.1, 0.15) is 24.0 Å². The summed E-state index contributed by atoms with van der Waals surface area (Å²) < 4.78 is 8.79. The standard InChI is InChI=1S/C16H21Cl3N2O3/c1-10-5-6-12(8-11(10)2)20-14(16(17,18)19)21-15(22)24-9-13-4-3-7-23-13/h5-6,8,13-14,20H,3-4,7,9H2,1-2H3,(H,21,22)/t13-,14+/m0/s1. The van der Waals surface area contributed by atoms with Crippen LogP contribution < -0.4 is 10.6 Å². The Labute approximate surface area is 156 Å². The second-order valence-electron chi connectivity index (χ2n) is 5.80. The van der Waals surface area contributed by atoms with E-state index in [0.717, 1.165) is 29.7 Å². The van der Waals surface area contributed by atoms with E-state index < -0.39 is 16.1 Å². The maximum absolute atomic E-state index is 12.0. The first-order valence-corrected chi connectivity index (χ1v) is 8.84. The van der Waals surface area contributed by atoms with E-state index >= 15 is 0 Å². The van der Waals surface area contributed by atoms with Gasteiger partial charge in [-0.15, -0.1) is 0 Å². The SMILES string of the molecule is Cc1ccc(N[C@H](NC(=O)OC[C@@H]2CCCO2)C(Cl)(Cl)Cl)cc1C. The van der Waals surface area contributed by atoms with Crippen LogP contribution in [0.4, 0.5) is 10.5 Å². The van der Waals surface area contributed by atoms with Gasteiger partial charge in [0.25, 0.3) is 0 Å². The molecule has 0 radical (unpaired) electrons. The molecule has 2 N–H and O–H groups in total. The lowest BCUT2D eigenvalue weighted by Crippen LogP contribution is -2.49. The van der Waals surface area contributed by atoms with Gasteiger partial charge >= 0.3 is 6.09 Å². The summed E-state index contributed by atoms with van der Waals surface area (Å²) in [7, 11) is 0. The Balaban J connectivity index is 1.94. The summed E-state index contributed by atoms with van der Waals surface area (Å²) in [6.45, 7) is 4.86. The number of carbonyl (C=O) groups is 1. The molecule has 5 nitrogen and oxygen atoms in total. The summed E-state index contributed by atoms with van der Waals surface area (Å²) >= 11 is 17.9. The lowest BCUT2D eigenvalue weighted by atomic mass is 10.1. The van der Waals surface area contributed by atoms with Gasteiger partial charge in [-0.05, 0) is 49.9 Å². The molecule has 1 fully saturated rings. The number of benzene rings is 1. The third-order valence-corrected chi connectivity index (χ3v) is 4.49. The Morgan fingerprint density at radius 3 is 2.71 bits per heavy atom. The number of halogens is 3. The molecular weight excluding hydrogens is 375 g/mol. The molecule has 2 rings (SSSR count). The van der Waals surface area contributed by atoms with Gasteiger partial charge in [-0.3, -0.25) is 5.32 Å². The highest BCUT2D eigenvalue weighted by molar-refractivity contribution is 6.68. The molecule has 0 saturated carbocycles. The average molecular weight is 396 g/mol. The summed E-state index contributed by atoms with van der Waals surface area (Å²) in [6.07, 6.45) is 0.178. The Hall–Kier alpha value is -0.880. The maximum atomic E-state index is 12.0. The molecule has 0 aromatic heterocycles. The average Bonchev–Trinajstić information content (AvgIpc) is 3.00. The van der Waals surface area contributed by atoms with Crippen molar-refractivity contribution in [3.8, 4) is 0 Å². The number of hydrogen-bond donors (Lipinski definition) is 2. The zero-order valence-corrected chi connectivity index (χ0v) is 15.8. The normalized spacial score (nSPS) is 19.0. The third kappa shape index (κ3) is 5.88. The molecule has 24 heavy (non-hydrogen) atoms. The minimum Gasteiger partial charge on any atom is -0.447 e. The van der Waals surface area contributed by atoms with Gasteiger partial charge in [0, 0.05) is 12.3 Å². The molecule has 0 unspecified atom stereocenters. The quantitative estimate of drug-likeness (QED) is 0.576. The minimum atomic E-state index is -1.75. The molecule has 0 bridgehead atoms. The van der Waals surface area contributed by atoms with Gasteiger partial charge in [0.05, 0.1) is 6.10 Å². The number of ether oxygens (including phenoxy) is 2. The first kappa shape index (κ1) is 19.4. The number of aryl methyl sites for hydroxylation is 2. The molecule has 1 aromatic carbocycles. The number of rotatable bonds is 5. The van der Waals surface area contributed by atoms with Crippen LogP contribution in [0, 0.1) is 13.8 Å². The van der Waals surface area contributed by atoms with Crippen molar-refractivity contribution in [3.63, 3.8) is 0 Å². The number of nitrogens with one attached hydrogen (secondary N) is 2. The van der Waals surface area contributed by atoms with E-state index in [1.54, 1.807) is 0 Å². The fraction of sp³-hybridized carbons (Fsp3) is 0.562. The Morgan fingerprint density at radius 1 is 1.38 bits per heavy atom. The number of alkyl halides is 3. The van der Waals surface area contributed by atoms with Crippen molar-refractivity contribution in [2.75, 3.05) is 18.5 Å². The van der Waals surface area contributed by atoms with Crippen LogP contribution in [-0.2, 0) is 9.47 Å². The molecule has 1 aromatic rings.